The number of hydrogen-bond acceptors (Lipinski definition) is 1. The molecular weight excluding hydrogens is 224 g/mol. The number of pyridine rings is 1. The second kappa shape index (κ2) is 3.37. The standard InChI is InChI=1S/C10H6Cl2FN/c1-5-2-6-3-7(11)8(13)4-9(6)14-10(5)12/h2-4H,1H3. The molecule has 0 amide bonds. The largest absolute Gasteiger partial charge is 0.236 e. The summed E-state index contributed by atoms with van der Waals surface area (Å²) in [5.74, 6) is -0.480. The summed E-state index contributed by atoms with van der Waals surface area (Å²) in [7, 11) is 0. The van der Waals surface area contributed by atoms with Crippen LogP contribution in [0.5, 0.6) is 0 Å². The molecule has 0 aliphatic heterocycles. The lowest BCUT2D eigenvalue weighted by molar-refractivity contribution is 0.630. The van der Waals surface area contributed by atoms with E-state index in [-0.39, 0.29) is 5.02 Å². The maximum Gasteiger partial charge on any atom is 0.143 e. The van der Waals surface area contributed by atoms with Gasteiger partial charge < -0.3 is 0 Å². The summed E-state index contributed by atoms with van der Waals surface area (Å²) in [6, 6.07) is 4.65. The van der Waals surface area contributed by atoms with E-state index in [1.807, 2.05) is 13.0 Å². The summed E-state index contributed by atoms with van der Waals surface area (Å²) >= 11 is 11.5. The molecule has 0 spiro atoms. The van der Waals surface area contributed by atoms with Gasteiger partial charge in [0.2, 0.25) is 0 Å². The molecule has 0 fully saturated rings. The van der Waals surface area contributed by atoms with Crippen molar-refractivity contribution in [2.75, 3.05) is 0 Å². The van der Waals surface area contributed by atoms with Crippen LogP contribution in [0.1, 0.15) is 5.56 Å². The average molecular weight is 230 g/mol. The molecule has 72 valence electrons. The van der Waals surface area contributed by atoms with Crippen molar-refractivity contribution in [3.63, 3.8) is 0 Å². The number of aryl methyl sites for hydroxylation is 1. The quantitative estimate of drug-likeness (QED) is 0.623. The number of hydrogen-bond donors (Lipinski definition) is 0. The third kappa shape index (κ3) is 1.56. The van der Waals surface area contributed by atoms with Crippen molar-refractivity contribution in [1.82, 2.24) is 4.98 Å². The molecule has 2 rings (SSSR count). The predicted molar refractivity (Wildman–Crippen MR) is 56.5 cm³/mol. The molecule has 14 heavy (non-hydrogen) atoms. The summed E-state index contributed by atoms with van der Waals surface area (Å²) in [5.41, 5.74) is 1.37. The molecule has 0 aliphatic rings. The van der Waals surface area contributed by atoms with Gasteiger partial charge in [0.05, 0.1) is 10.5 Å². The van der Waals surface area contributed by atoms with Gasteiger partial charge >= 0.3 is 0 Å². The van der Waals surface area contributed by atoms with E-state index in [2.05, 4.69) is 4.98 Å². The Bertz CT molecular complexity index is 422. The molecule has 0 bridgehead atoms. The molecule has 0 saturated carbocycles. The average Bonchev–Trinajstić information content (AvgIpc) is 2.11. The van der Waals surface area contributed by atoms with E-state index in [0.717, 1.165) is 10.9 Å². The van der Waals surface area contributed by atoms with Crippen LogP contribution in [0.25, 0.3) is 10.9 Å². The fourth-order valence-electron chi connectivity index (χ4n) is 1.25. The molecular formula is C10H6Cl2FN. The van der Waals surface area contributed by atoms with E-state index in [1.165, 1.54) is 6.07 Å². The minimum atomic E-state index is -0.480. The van der Waals surface area contributed by atoms with Gasteiger partial charge in [0.15, 0.2) is 0 Å². The second-order valence-electron chi connectivity index (χ2n) is 3.06. The Morgan fingerprint density at radius 3 is 2.64 bits per heavy atom. The van der Waals surface area contributed by atoms with Crippen LogP contribution < -0.4 is 0 Å². The van der Waals surface area contributed by atoms with Gasteiger partial charge in [0.1, 0.15) is 11.0 Å². The van der Waals surface area contributed by atoms with E-state index < -0.39 is 5.82 Å². The molecule has 1 aromatic carbocycles. The molecule has 0 unspecified atom stereocenters. The van der Waals surface area contributed by atoms with Gasteiger partial charge in [-0.3, -0.25) is 0 Å². The lowest BCUT2D eigenvalue weighted by Gasteiger charge is -2.02. The van der Waals surface area contributed by atoms with Crippen molar-refractivity contribution in [3.05, 3.63) is 39.8 Å². The fourth-order valence-corrected chi connectivity index (χ4v) is 1.57. The highest BCUT2D eigenvalue weighted by molar-refractivity contribution is 6.32. The van der Waals surface area contributed by atoms with Crippen LogP contribution in [-0.2, 0) is 0 Å². The highest BCUT2D eigenvalue weighted by Gasteiger charge is 2.05. The molecule has 4 heteroatoms. The summed E-state index contributed by atoms with van der Waals surface area (Å²) in [6.07, 6.45) is 0. The van der Waals surface area contributed by atoms with Crippen LogP contribution >= 0.6 is 23.2 Å². The monoisotopic (exact) mass is 229 g/mol. The maximum atomic E-state index is 13.1. The molecule has 1 nitrogen and oxygen atoms in total. The zero-order chi connectivity index (χ0) is 10.3. The SMILES string of the molecule is Cc1cc2cc(Cl)c(F)cc2nc1Cl. The number of nitrogens with zero attached hydrogens (tertiary/aromatic N) is 1. The van der Waals surface area contributed by atoms with Gasteiger partial charge in [0, 0.05) is 11.5 Å². The topological polar surface area (TPSA) is 12.9 Å². The van der Waals surface area contributed by atoms with Crippen LogP contribution in [0, 0.1) is 12.7 Å². The van der Waals surface area contributed by atoms with E-state index in [1.54, 1.807) is 6.07 Å². The number of fused-ring (bicyclic) bond motifs is 1. The molecule has 0 radical (unpaired) electrons. The molecule has 0 atom stereocenters. The Morgan fingerprint density at radius 1 is 1.21 bits per heavy atom. The van der Waals surface area contributed by atoms with Gasteiger partial charge in [-0.15, -0.1) is 0 Å². The first-order valence-corrected chi connectivity index (χ1v) is 4.75. The summed E-state index contributed by atoms with van der Waals surface area (Å²) < 4.78 is 13.1. The molecule has 0 aliphatic carbocycles. The second-order valence-corrected chi connectivity index (χ2v) is 3.82. The van der Waals surface area contributed by atoms with Gasteiger partial charge in [-0.1, -0.05) is 23.2 Å². The first-order valence-electron chi connectivity index (χ1n) is 4.00. The summed E-state index contributed by atoms with van der Waals surface area (Å²) in [6.45, 7) is 1.84. The van der Waals surface area contributed by atoms with E-state index in [4.69, 9.17) is 23.2 Å². The van der Waals surface area contributed by atoms with E-state index >= 15 is 0 Å². The number of halogens is 3. The van der Waals surface area contributed by atoms with Crippen molar-refractivity contribution in [2.24, 2.45) is 0 Å². The zero-order valence-corrected chi connectivity index (χ0v) is 8.83. The van der Waals surface area contributed by atoms with Gasteiger partial charge in [-0.2, -0.15) is 0 Å². The first-order chi connectivity index (χ1) is 6.58. The first kappa shape index (κ1) is 9.69. The van der Waals surface area contributed by atoms with Crippen molar-refractivity contribution in [2.45, 2.75) is 6.92 Å². The Balaban J connectivity index is 2.83. The molecule has 1 aromatic heterocycles. The Labute approximate surface area is 90.5 Å². The third-order valence-electron chi connectivity index (χ3n) is 1.99. The summed E-state index contributed by atoms with van der Waals surface area (Å²) in [4.78, 5) is 4.04. The number of aromatic nitrogens is 1. The Morgan fingerprint density at radius 2 is 1.93 bits per heavy atom. The zero-order valence-electron chi connectivity index (χ0n) is 7.31. The molecule has 2 aromatic rings. The van der Waals surface area contributed by atoms with Crippen LogP contribution in [0.3, 0.4) is 0 Å². The predicted octanol–water partition coefficient (Wildman–Crippen LogP) is 3.99. The minimum Gasteiger partial charge on any atom is -0.236 e. The van der Waals surface area contributed by atoms with Crippen LogP contribution in [0.15, 0.2) is 18.2 Å². The lowest BCUT2D eigenvalue weighted by Crippen LogP contribution is -1.86. The van der Waals surface area contributed by atoms with Crippen LogP contribution in [0.4, 0.5) is 4.39 Å². The minimum absolute atomic E-state index is 0.0982. The smallest absolute Gasteiger partial charge is 0.143 e. The van der Waals surface area contributed by atoms with E-state index in [9.17, 15) is 4.39 Å². The normalized spacial score (nSPS) is 10.9. The maximum absolute atomic E-state index is 13.1. The van der Waals surface area contributed by atoms with Crippen molar-refractivity contribution in [1.29, 1.82) is 0 Å². The summed E-state index contributed by atoms with van der Waals surface area (Å²) in [5, 5.41) is 1.28. The highest BCUT2D eigenvalue weighted by atomic mass is 35.5. The van der Waals surface area contributed by atoms with Gasteiger partial charge in [-0.05, 0) is 24.6 Å². The van der Waals surface area contributed by atoms with Crippen LogP contribution in [-0.4, -0.2) is 4.98 Å². The number of benzene rings is 1. The van der Waals surface area contributed by atoms with Gasteiger partial charge in [-0.25, -0.2) is 9.37 Å². The van der Waals surface area contributed by atoms with Gasteiger partial charge in [0.25, 0.3) is 0 Å². The highest BCUT2D eigenvalue weighted by Crippen LogP contribution is 2.24. The van der Waals surface area contributed by atoms with Crippen molar-refractivity contribution >= 4 is 34.1 Å². The van der Waals surface area contributed by atoms with Crippen molar-refractivity contribution in [3.8, 4) is 0 Å². The Hall–Kier alpha value is -0.860. The molecule has 1 heterocycles. The lowest BCUT2D eigenvalue weighted by atomic mass is 10.2. The number of rotatable bonds is 0. The molecule has 0 saturated heterocycles. The van der Waals surface area contributed by atoms with Crippen LogP contribution in [0.2, 0.25) is 10.2 Å². The Kier molecular flexibility index (Phi) is 2.33. The van der Waals surface area contributed by atoms with Crippen molar-refractivity contribution < 1.29 is 4.39 Å². The fraction of sp³-hybridized carbons (Fsp3) is 0.100. The third-order valence-corrected chi connectivity index (χ3v) is 2.66. The molecule has 0 N–H and O–H groups in total. The van der Waals surface area contributed by atoms with E-state index in [0.29, 0.717) is 10.7 Å².